The van der Waals surface area contributed by atoms with E-state index in [1.165, 1.54) is 0 Å². The van der Waals surface area contributed by atoms with E-state index in [1.54, 1.807) is 0 Å². The van der Waals surface area contributed by atoms with E-state index in [2.05, 4.69) is 4.74 Å². The van der Waals surface area contributed by atoms with E-state index in [0.717, 1.165) is 6.61 Å². The molecule has 1 aliphatic rings. The van der Waals surface area contributed by atoms with Crippen LogP contribution in [-0.4, -0.2) is 56.9 Å². The fraction of sp³-hybridized carbons (Fsp3) is 0.833. The number of rotatable bonds is 1. The molecule has 1 fully saturated rings. The zero-order valence-corrected chi connectivity index (χ0v) is 6.29. The van der Waals surface area contributed by atoms with Crippen LogP contribution in [0.25, 0.3) is 0 Å². The highest BCUT2D eigenvalue weighted by Gasteiger charge is 2.37. The molecule has 1 heterocycles. The predicted molar refractivity (Wildman–Crippen MR) is 37.9 cm³/mol. The maximum absolute atomic E-state index is 9.09. The number of ether oxygens (including phenoxy) is 1. The minimum Gasteiger partial charge on any atom is -0.412 e. The van der Waals surface area contributed by atoms with Crippen molar-refractivity contribution in [2.24, 2.45) is 0 Å². The Kier molecular flexibility index (Phi) is 4.61. The molecule has 0 aromatic rings. The van der Waals surface area contributed by atoms with Gasteiger partial charge in [-0.15, -0.1) is 0 Å². The number of hydrogen-bond acceptors (Lipinski definition) is 5. The molecular formula is C6H13O6. The highest BCUT2D eigenvalue weighted by Crippen LogP contribution is 2.17. The number of hydrogen-bond donors (Lipinski definition) is 4. The topological polar surface area (TPSA) is 122 Å². The lowest BCUT2D eigenvalue weighted by atomic mass is 10.0. The van der Waals surface area contributed by atoms with Gasteiger partial charge in [-0.1, -0.05) is 0 Å². The van der Waals surface area contributed by atoms with Gasteiger partial charge in [-0.25, -0.2) is 0 Å². The molecule has 4 atom stereocenters. The third-order valence-electron chi connectivity index (χ3n) is 1.65. The lowest BCUT2D eigenvalue weighted by Gasteiger charge is -2.33. The second-order valence-corrected chi connectivity index (χ2v) is 2.46. The summed E-state index contributed by atoms with van der Waals surface area (Å²) in [4.78, 5) is 0. The Morgan fingerprint density at radius 1 is 1.17 bits per heavy atom. The van der Waals surface area contributed by atoms with Gasteiger partial charge in [0.25, 0.3) is 0 Å². The molecule has 0 aliphatic carbocycles. The standard InChI is InChI=1S/C6H11O5.H2O/c7-1-4-6(10)5(9)3(8)2-11-4;/h2-10H,1H2;1H2/t3-,4+,5+,6+;/m0./s1. The van der Waals surface area contributed by atoms with Crippen LogP contribution in [0.2, 0.25) is 0 Å². The van der Waals surface area contributed by atoms with E-state index < -0.39 is 24.4 Å². The second kappa shape index (κ2) is 4.70. The number of aliphatic hydroxyl groups is 4. The van der Waals surface area contributed by atoms with Gasteiger partial charge in [0, 0.05) is 0 Å². The smallest absolute Gasteiger partial charge is 0.115 e. The minimum atomic E-state index is -1.28. The van der Waals surface area contributed by atoms with Crippen molar-refractivity contribution in [2.45, 2.75) is 24.4 Å². The Hall–Kier alpha value is -0.240. The van der Waals surface area contributed by atoms with Crippen LogP contribution >= 0.6 is 0 Å². The van der Waals surface area contributed by atoms with Gasteiger partial charge in [0.05, 0.1) is 6.61 Å². The summed E-state index contributed by atoms with van der Waals surface area (Å²) in [5.41, 5.74) is 0. The van der Waals surface area contributed by atoms with Gasteiger partial charge in [-0.05, 0) is 0 Å². The van der Waals surface area contributed by atoms with Crippen LogP contribution in [0.15, 0.2) is 0 Å². The Morgan fingerprint density at radius 2 is 1.75 bits per heavy atom. The van der Waals surface area contributed by atoms with Gasteiger partial charge in [-0.3, -0.25) is 0 Å². The average Bonchev–Trinajstić information content (AvgIpc) is 2.01. The van der Waals surface area contributed by atoms with Crippen LogP contribution in [0.1, 0.15) is 0 Å². The van der Waals surface area contributed by atoms with Crippen molar-refractivity contribution in [1.29, 1.82) is 0 Å². The molecule has 1 saturated heterocycles. The van der Waals surface area contributed by atoms with Crippen LogP contribution in [0.3, 0.4) is 0 Å². The van der Waals surface area contributed by atoms with E-state index in [4.69, 9.17) is 20.4 Å². The van der Waals surface area contributed by atoms with Crippen molar-refractivity contribution < 1.29 is 30.6 Å². The Balaban J connectivity index is 0.00000121. The molecule has 1 radical (unpaired) electrons. The van der Waals surface area contributed by atoms with Crippen molar-refractivity contribution in [3.63, 3.8) is 0 Å². The van der Waals surface area contributed by atoms with Crippen molar-refractivity contribution >= 4 is 0 Å². The van der Waals surface area contributed by atoms with Gasteiger partial charge in [-0.2, -0.15) is 0 Å². The van der Waals surface area contributed by atoms with E-state index in [9.17, 15) is 0 Å². The molecule has 6 nitrogen and oxygen atoms in total. The summed E-state index contributed by atoms with van der Waals surface area (Å²) in [5, 5.41) is 35.6. The monoisotopic (exact) mass is 181 g/mol. The second-order valence-electron chi connectivity index (χ2n) is 2.46. The van der Waals surface area contributed by atoms with E-state index >= 15 is 0 Å². The maximum atomic E-state index is 9.09. The lowest BCUT2D eigenvalue weighted by molar-refractivity contribution is -0.169. The molecule has 73 valence electrons. The molecule has 0 unspecified atom stereocenters. The minimum absolute atomic E-state index is 0. The molecule has 0 aromatic heterocycles. The summed E-state index contributed by atoms with van der Waals surface area (Å²) >= 11 is 0. The zero-order valence-electron chi connectivity index (χ0n) is 6.29. The summed E-state index contributed by atoms with van der Waals surface area (Å²) in [6.45, 7) is 0.611. The first-order chi connectivity index (χ1) is 5.16. The van der Waals surface area contributed by atoms with Gasteiger partial charge in [0.15, 0.2) is 0 Å². The normalized spacial score (nSPS) is 42.0. The third-order valence-corrected chi connectivity index (χ3v) is 1.65. The van der Waals surface area contributed by atoms with E-state index in [0.29, 0.717) is 0 Å². The SMILES string of the molecule is O.OC[C@H]1O[CH][C@H](O)[C@@H](O)[C@@H]1O. The molecule has 1 rings (SSSR count). The highest BCUT2D eigenvalue weighted by molar-refractivity contribution is 4.91. The van der Waals surface area contributed by atoms with Gasteiger partial charge < -0.3 is 30.6 Å². The molecule has 12 heavy (non-hydrogen) atoms. The van der Waals surface area contributed by atoms with Crippen molar-refractivity contribution in [3.05, 3.63) is 6.61 Å². The fourth-order valence-electron chi connectivity index (χ4n) is 0.915. The fourth-order valence-corrected chi connectivity index (χ4v) is 0.915. The van der Waals surface area contributed by atoms with Crippen molar-refractivity contribution in [1.82, 2.24) is 0 Å². The Labute approximate surface area is 69.3 Å². The average molecular weight is 181 g/mol. The quantitative estimate of drug-likeness (QED) is 0.339. The van der Waals surface area contributed by atoms with Crippen LogP contribution in [0, 0.1) is 6.61 Å². The first-order valence-corrected chi connectivity index (χ1v) is 3.30. The summed E-state index contributed by atoms with van der Waals surface area (Å²) in [5.74, 6) is 0. The summed E-state index contributed by atoms with van der Waals surface area (Å²) in [6, 6.07) is 0. The predicted octanol–water partition coefficient (Wildman–Crippen LogP) is -3.20. The highest BCUT2D eigenvalue weighted by atomic mass is 16.5. The molecule has 0 bridgehead atoms. The molecule has 6 heteroatoms. The molecule has 0 aromatic carbocycles. The first kappa shape index (κ1) is 11.8. The molecule has 0 amide bonds. The van der Waals surface area contributed by atoms with Gasteiger partial charge >= 0.3 is 0 Å². The first-order valence-electron chi connectivity index (χ1n) is 3.30. The van der Waals surface area contributed by atoms with E-state index in [1.807, 2.05) is 0 Å². The summed E-state index contributed by atoms with van der Waals surface area (Å²) < 4.78 is 4.69. The van der Waals surface area contributed by atoms with Crippen LogP contribution in [0.4, 0.5) is 0 Å². The molecule has 0 spiro atoms. The summed E-state index contributed by atoms with van der Waals surface area (Å²) in [6.07, 6.45) is -4.54. The Morgan fingerprint density at radius 3 is 2.25 bits per heavy atom. The molecular weight excluding hydrogens is 168 g/mol. The van der Waals surface area contributed by atoms with E-state index in [-0.39, 0.29) is 12.1 Å². The van der Waals surface area contributed by atoms with Gasteiger partial charge in [0.2, 0.25) is 0 Å². The van der Waals surface area contributed by atoms with Crippen LogP contribution < -0.4 is 0 Å². The molecule has 1 aliphatic heterocycles. The largest absolute Gasteiger partial charge is 0.412 e. The molecule has 6 N–H and O–H groups in total. The maximum Gasteiger partial charge on any atom is 0.115 e. The van der Waals surface area contributed by atoms with Crippen molar-refractivity contribution in [3.8, 4) is 0 Å². The van der Waals surface area contributed by atoms with Gasteiger partial charge in [0.1, 0.15) is 31.0 Å². The lowest BCUT2D eigenvalue weighted by Crippen LogP contribution is -2.52. The van der Waals surface area contributed by atoms with Crippen LogP contribution in [0.5, 0.6) is 0 Å². The third kappa shape index (κ3) is 2.13. The number of aliphatic hydroxyl groups excluding tert-OH is 4. The zero-order chi connectivity index (χ0) is 8.43. The van der Waals surface area contributed by atoms with Crippen molar-refractivity contribution in [2.75, 3.05) is 6.61 Å². The summed E-state index contributed by atoms with van der Waals surface area (Å²) in [7, 11) is 0. The van der Waals surface area contributed by atoms with Crippen LogP contribution in [-0.2, 0) is 4.74 Å². The molecule has 0 saturated carbocycles. The Bertz CT molecular complexity index is 127.